The Bertz CT molecular complexity index is 166. The van der Waals surface area contributed by atoms with Crippen molar-refractivity contribution in [2.45, 2.75) is 65.9 Å². The van der Waals surface area contributed by atoms with Crippen molar-refractivity contribution >= 4 is 0 Å². The monoisotopic (exact) mass is 229 g/mol. The molecule has 0 aliphatic rings. The highest BCUT2D eigenvalue weighted by molar-refractivity contribution is 4.79. The predicted molar refractivity (Wildman–Crippen MR) is 71.6 cm³/mol. The Balaban J connectivity index is 3.77. The second-order valence-electron chi connectivity index (χ2n) is 5.56. The van der Waals surface area contributed by atoms with E-state index in [1.807, 2.05) is 6.92 Å². The van der Waals surface area contributed by atoms with Gasteiger partial charge >= 0.3 is 0 Å². The van der Waals surface area contributed by atoms with Crippen molar-refractivity contribution in [2.75, 3.05) is 13.1 Å². The van der Waals surface area contributed by atoms with Crippen LogP contribution in [0.3, 0.4) is 0 Å². The summed E-state index contributed by atoms with van der Waals surface area (Å²) in [7, 11) is 0. The van der Waals surface area contributed by atoms with Crippen LogP contribution in [0.15, 0.2) is 0 Å². The Labute approximate surface area is 102 Å². The van der Waals surface area contributed by atoms with Crippen LogP contribution >= 0.6 is 0 Å². The van der Waals surface area contributed by atoms with E-state index in [2.05, 4.69) is 33.0 Å². The van der Waals surface area contributed by atoms with E-state index in [-0.39, 0.29) is 0 Å². The van der Waals surface area contributed by atoms with Crippen molar-refractivity contribution in [3.05, 3.63) is 0 Å². The maximum absolute atomic E-state index is 10.1. The number of rotatable bonds is 9. The van der Waals surface area contributed by atoms with Crippen molar-refractivity contribution in [1.82, 2.24) is 5.32 Å². The Hall–Kier alpha value is -0.0800. The molecule has 2 N–H and O–H groups in total. The third kappa shape index (κ3) is 6.49. The molecule has 0 spiro atoms. The summed E-state index contributed by atoms with van der Waals surface area (Å²) in [5.74, 6) is 1.07. The van der Waals surface area contributed by atoms with E-state index in [1.165, 1.54) is 25.7 Å². The van der Waals surface area contributed by atoms with Gasteiger partial charge in [0, 0.05) is 6.54 Å². The highest BCUT2D eigenvalue weighted by Gasteiger charge is 2.24. The van der Waals surface area contributed by atoms with Crippen molar-refractivity contribution in [1.29, 1.82) is 0 Å². The molecule has 0 aliphatic carbocycles. The van der Waals surface area contributed by atoms with Crippen LogP contribution in [0, 0.1) is 11.8 Å². The number of nitrogens with one attached hydrogen (secondary N) is 1. The summed E-state index contributed by atoms with van der Waals surface area (Å²) >= 11 is 0. The average Bonchev–Trinajstić information content (AvgIpc) is 2.22. The molecule has 0 amide bonds. The Morgan fingerprint density at radius 1 is 1.25 bits per heavy atom. The van der Waals surface area contributed by atoms with Crippen molar-refractivity contribution in [2.24, 2.45) is 11.8 Å². The van der Waals surface area contributed by atoms with E-state index >= 15 is 0 Å². The molecule has 0 rings (SSSR count). The molecule has 0 bridgehead atoms. The fraction of sp³-hybridized carbons (Fsp3) is 1.00. The number of hydrogen-bond acceptors (Lipinski definition) is 2. The van der Waals surface area contributed by atoms with E-state index in [0.29, 0.717) is 12.5 Å². The lowest BCUT2D eigenvalue weighted by atomic mass is 9.92. The van der Waals surface area contributed by atoms with E-state index in [1.54, 1.807) is 0 Å². The Morgan fingerprint density at radius 2 is 1.88 bits per heavy atom. The molecule has 2 atom stereocenters. The molecular weight excluding hydrogens is 198 g/mol. The second kappa shape index (κ2) is 8.08. The van der Waals surface area contributed by atoms with Gasteiger partial charge in [-0.1, -0.05) is 47.0 Å². The van der Waals surface area contributed by atoms with Crippen LogP contribution in [0.1, 0.15) is 60.3 Å². The highest BCUT2D eigenvalue weighted by Crippen LogP contribution is 2.15. The summed E-state index contributed by atoms with van der Waals surface area (Å²) in [6, 6.07) is 0. The summed E-state index contributed by atoms with van der Waals surface area (Å²) in [4.78, 5) is 0. The fourth-order valence-electron chi connectivity index (χ4n) is 1.68. The number of aliphatic hydroxyl groups is 1. The van der Waals surface area contributed by atoms with Crippen molar-refractivity contribution in [3.63, 3.8) is 0 Å². The van der Waals surface area contributed by atoms with Crippen molar-refractivity contribution < 1.29 is 5.11 Å². The third-order valence-electron chi connectivity index (χ3n) is 3.70. The molecule has 0 radical (unpaired) electrons. The molecule has 2 unspecified atom stereocenters. The van der Waals surface area contributed by atoms with E-state index in [0.717, 1.165) is 12.5 Å². The van der Waals surface area contributed by atoms with E-state index in [9.17, 15) is 5.11 Å². The van der Waals surface area contributed by atoms with E-state index < -0.39 is 5.60 Å². The smallest absolute Gasteiger partial charge is 0.0766 e. The molecule has 0 aromatic rings. The van der Waals surface area contributed by atoms with Gasteiger partial charge in [0.15, 0.2) is 0 Å². The third-order valence-corrected chi connectivity index (χ3v) is 3.70. The normalized spacial score (nSPS) is 17.4. The minimum absolute atomic E-state index is 0.302. The minimum Gasteiger partial charge on any atom is -0.389 e. The van der Waals surface area contributed by atoms with Crippen LogP contribution in [0.4, 0.5) is 0 Å². The SMILES string of the molecule is CCCCC(CC)CNCC(C)(O)C(C)C. The lowest BCUT2D eigenvalue weighted by Crippen LogP contribution is -2.43. The van der Waals surface area contributed by atoms with Crippen LogP contribution < -0.4 is 5.32 Å². The first kappa shape index (κ1) is 15.9. The van der Waals surface area contributed by atoms with Gasteiger partial charge < -0.3 is 10.4 Å². The van der Waals surface area contributed by atoms with Crippen LogP contribution in [0.2, 0.25) is 0 Å². The lowest BCUT2D eigenvalue weighted by molar-refractivity contribution is 0.0135. The maximum Gasteiger partial charge on any atom is 0.0766 e. The van der Waals surface area contributed by atoms with Gasteiger partial charge in [-0.15, -0.1) is 0 Å². The highest BCUT2D eigenvalue weighted by atomic mass is 16.3. The molecule has 0 saturated carbocycles. The molecule has 98 valence electrons. The minimum atomic E-state index is -0.580. The summed E-state index contributed by atoms with van der Waals surface area (Å²) in [5.41, 5.74) is -0.580. The van der Waals surface area contributed by atoms with Gasteiger partial charge in [0.05, 0.1) is 5.60 Å². The molecule has 0 aromatic heterocycles. The fourth-order valence-corrected chi connectivity index (χ4v) is 1.68. The molecule has 2 heteroatoms. The van der Waals surface area contributed by atoms with Gasteiger partial charge in [0.1, 0.15) is 0 Å². The second-order valence-corrected chi connectivity index (χ2v) is 5.56. The van der Waals surface area contributed by atoms with Gasteiger partial charge in [-0.3, -0.25) is 0 Å². The molecule has 0 fully saturated rings. The summed E-state index contributed by atoms with van der Waals surface area (Å²) in [6.07, 6.45) is 5.14. The predicted octanol–water partition coefficient (Wildman–Crippen LogP) is 3.20. The van der Waals surface area contributed by atoms with Gasteiger partial charge in [-0.05, 0) is 31.7 Å². The first-order valence-electron chi connectivity index (χ1n) is 6.87. The largest absolute Gasteiger partial charge is 0.389 e. The summed E-state index contributed by atoms with van der Waals surface area (Å²) < 4.78 is 0. The molecule has 2 nitrogen and oxygen atoms in total. The molecule has 16 heavy (non-hydrogen) atoms. The number of unbranched alkanes of at least 4 members (excludes halogenated alkanes) is 1. The Kier molecular flexibility index (Phi) is 8.04. The van der Waals surface area contributed by atoms with Gasteiger partial charge in [0.2, 0.25) is 0 Å². The zero-order valence-corrected chi connectivity index (χ0v) is 11.8. The lowest BCUT2D eigenvalue weighted by Gasteiger charge is -2.29. The van der Waals surface area contributed by atoms with Crippen LogP contribution in [-0.2, 0) is 0 Å². The van der Waals surface area contributed by atoms with Crippen LogP contribution in [0.25, 0.3) is 0 Å². The molecule has 0 saturated heterocycles. The number of hydrogen-bond donors (Lipinski definition) is 2. The molecule has 0 aromatic carbocycles. The summed E-state index contributed by atoms with van der Waals surface area (Å²) in [6.45, 7) is 12.3. The van der Waals surface area contributed by atoms with Gasteiger partial charge in [-0.2, -0.15) is 0 Å². The van der Waals surface area contributed by atoms with Crippen LogP contribution in [0.5, 0.6) is 0 Å². The van der Waals surface area contributed by atoms with Gasteiger partial charge in [0.25, 0.3) is 0 Å². The Morgan fingerprint density at radius 3 is 2.31 bits per heavy atom. The van der Waals surface area contributed by atoms with E-state index in [4.69, 9.17) is 0 Å². The first-order chi connectivity index (χ1) is 7.44. The molecule has 0 heterocycles. The molecule has 0 aliphatic heterocycles. The average molecular weight is 229 g/mol. The first-order valence-corrected chi connectivity index (χ1v) is 6.87. The standard InChI is InChI=1S/C14H31NO/c1-6-8-9-13(7-2)10-15-11-14(5,16)12(3)4/h12-13,15-16H,6-11H2,1-5H3. The zero-order chi connectivity index (χ0) is 12.6. The molecular formula is C14H31NO. The quantitative estimate of drug-likeness (QED) is 0.636. The van der Waals surface area contributed by atoms with Gasteiger partial charge in [-0.25, -0.2) is 0 Å². The van der Waals surface area contributed by atoms with Crippen molar-refractivity contribution in [3.8, 4) is 0 Å². The maximum atomic E-state index is 10.1. The topological polar surface area (TPSA) is 32.3 Å². The van der Waals surface area contributed by atoms with Crippen LogP contribution in [-0.4, -0.2) is 23.8 Å². The summed E-state index contributed by atoms with van der Waals surface area (Å²) in [5, 5.41) is 13.5. The zero-order valence-electron chi connectivity index (χ0n) is 11.8.